The molecule has 1 saturated carbocycles. The Labute approximate surface area is 227 Å². The molecule has 2 saturated heterocycles. The molecule has 1 aliphatic carbocycles. The molecule has 0 radical (unpaired) electrons. The van der Waals surface area contributed by atoms with Crippen molar-refractivity contribution >= 4 is 31.0 Å². The van der Waals surface area contributed by atoms with Gasteiger partial charge in [0.25, 0.3) is 0 Å². The molecule has 3 fully saturated rings. The number of anilines is 1. The van der Waals surface area contributed by atoms with Crippen molar-refractivity contribution in [2.24, 2.45) is 5.41 Å². The summed E-state index contributed by atoms with van der Waals surface area (Å²) in [6.07, 6.45) is 7.84. The fraction of sp³-hybridized carbons (Fsp3) is 0.750. The second kappa shape index (κ2) is 10.4. The Bertz CT molecular complexity index is 1140. The molecule has 9 nitrogen and oxygen atoms in total. The van der Waals surface area contributed by atoms with Gasteiger partial charge in [0.1, 0.15) is 30.1 Å². The number of likely N-dealkylation sites (tertiary alicyclic amines) is 1. The van der Waals surface area contributed by atoms with Gasteiger partial charge in [0.2, 0.25) is 0 Å². The number of amides is 1. The number of ether oxygens (including phenoxy) is 3. The summed E-state index contributed by atoms with van der Waals surface area (Å²) in [5, 5.41) is 4.87. The van der Waals surface area contributed by atoms with E-state index in [9.17, 15) is 4.79 Å². The topological polar surface area (TPSA) is 90.7 Å². The minimum atomic E-state index is -1.16. The minimum Gasteiger partial charge on any atom is -0.444 e. The number of hydrogen-bond donors (Lipinski definition) is 1. The van der Waals surface area contributed by atoms with Crippen LogP contribution in [0.1, 0.15) is 57.9 Å². The van der Waals surface area contributed by atoms with Gasteiger partial charge >= 0.3 is 6.09 Å². The van der Waals surface area contributed by atoms with E-state index in [4.69, 9.17) is 24.2 Å². The van der Waals surface area contributed by atoms with E-state index < -0.39 is 13.7 Å². The Morgan fingerprint density at radius 3 is 2.61 bits per heavy atom. The highest BCUT2D eigenvalue weighted by atomic mass is 28.3. The lowest BCUT2D eigenvalue weighted by molar-refractivity contribution is 0.0285. The number of hydrogen-bond acceptors (Lipinski definition) is 7. The average molecular weight is 544 g/mol. The van der Waals surface area contributed by atoms with Gasteiger partial charge in [0.15, 0.2) is 0 Å². The lowest BCUT2D eigenvalue weighted by Crippen LogP contribution is -2.36. The van der Waals surface area contributed by atoms with E-state index >= 15 is 0 Å². The third kappa shape index (κ3) is 6.18. The molecule has 38 heavy (non-hydrogen) atoms. The van der Waals surface area contributed by atoms with Crippen molar-refractivity contribution in [2.45, 2.75) is 96.4 Å². The van der Waals surface area contributed by atoms with Crippen molar-refractivity contribution < 1.29 is 19.0 Å². The lowest BCUT2D eigenvalue weighted by Gasteiger charge is -2.24. The summed E-state index contributed by atoms with van der Waals surface area (Å²) in [4.78, 5) is 24.2. The molecule has 0 aromatic carbocycles. The molecule has 4 heterocycles. The van der Waals surface area contributed by atoms with Gasteiger partial charge in [0.05, 0.1) is 11.4 Å². The van der Waals surface area contributed by atoms with Crippen LogP contribution in [-0.2, 0) is 20.9 Å². The zero-order valence-electron chi connectivity index (χ0n) is 24.0. The summed E-state index contributed by atoms with van der Waals surface area (Å²) in [6, 6.07) is 1.27. The molecule has 3 aliphatic rings. The highest BCUT2D eigenvalue weighted by Crippen LogP contribution is 2.54. The lowest BCUT2D eigenvalue weighted by atomic mass is 9.91. The molecular formula is C28H45N5O4Si. The van der Waals surface area contributed by atoms with Gasteiger partial charge in [-0.15, -0.1) is 0 Å². The molecule has 0 bridgehead atoms. The molecule has 1 N–H and O–H groups in total. The van der Waals surface area contributed by atoms with Gasteiger partial charge in [-0.05, 0) is 64.0 Å². The molecular weight excluding hydrogens is 498 g/mol. The van der Waals surface area contributed by atoms with Crippen molar-refractivity contribution in [1.82, 2.24) is 19.4 Å². The van der Waals surface area contributed by atoms with Crippen LogP contribution in [0.4, 0.5) is 10.6 Å². The maximum absolute atomic E-state index is 12.9. The zero-order valence-corrected chi connectivity index (χ0v) is 25.0. The van der Waals surface area contributed by atoms with E-state index in [-0.39, 0.29) is 17.6 Å². The molecule has 2 aliphatic heterocycles. The quantitative estimate of drug-likeness (QED) is 0.350. The van der Waals surface area contributed by atoms with Crippen LogP contribution < -0.4 is 5.32 Å². The first-order valence-corrected chi connectivity index (χ1v) is 17.9. The molecule has 10 heteroatoms. The first-order chi connectivity index (χ1) is 17.9. The van der Waals surface area contributed by atoms with Crippen LogP contribution in [-0.4, -0.2) is 78.2 Å². The minimum absolute atomic E-state index is 0.0928. The largest absolute Gasteiger partial charge is 0.444 e. The summed E-state index contributed by atoms with van der Waals surface area (Å²) < 4.78 is 19.6. The van der Waals surface area contributed by atoms with E-state index in [1.807, 2.05) is 25.7 Å². The standard InChI is InChI=1S/C28H45N5O4Si/c1-27(2,3)37-26(34)32-16-22(28(17-32)9-10-28)31-24-23-21(20-7-11-35-12-8-20)15-33(25(23)30-18-29-24)19-36-13-14-38(4,5)6/h15,18,20,22H,7-14,16-17,19H2,1-6H3,(H,29,30,31)/t22-/m0/s1. The SMILES string of the molecule is CC(C)(C)OC(=O)N1C[C@H](Nc2ncnc3c2c(C2CCOCC2)cn3COCC[Si](C)(C)C)C2(CC2)C1. The Morgan fingerprint density at radius 1 is 1.21 bits per heavy atom. The van der Waals surface area contributed by atoms with Crippen molar-refractivity contribution in [3.05, 3.63) is 18.1 Å². The van der Waals surface area contributed by atoms with Gasteiger partial charge in [-0.2, -0.15) is 0 Å². The first kappa shape index (κ1) is 27.4. The summed E-state index contributed by atoms with van der Waals surface area (Å²) >= 11 is 0. The van der Waals surface area contributed by atoms with Gasteiger partial charge in [-0.3, -0.25) is 0 Å². The zero-order chi connectivity index (χ0) is 27.1. The first-order valence-electron chi connectivity index (χ1n) is 14.2. The summed E-state index contributed by atoms with van der Waals surface area (Å²) in [7, 11) is -1.16. The molecule has 0 unspecified atom stereocenters. The third-order valence-corrected chi connectivity index (χ3v) is 9.78. The highest BCUT2D eigenvalue weighted by Gasteiger charge is 2.57. The van der Waals surface area contributed by atoms with Crippen LogP contribution in [0.3, 0.4) is 0 Å². The molecule has 2 aromatic heterocycles. The Morgan fingerprint density at radius 2 is 1.95 bits per heavy atom. The summed E-state index contributed by atoms with van der Waals surface area (Å²) in [6.45, 7) is 17.0. The number of fused-ring (bicyclic) bond motifs is 1. The van der Waals surface area contributed by atoms with Gasteiger partial charge in [-0.25, -0.2) is 14.8 Å². The maximum Gasteiger partial charge on any atom is 0.410 e. The summed E-state index contributed by atoms with van der Waals surface area (Å²) in [5.41, 5.74) is 1.77. The van der Waals surface area contributed by atoms with E-state index in [1.54, 1.807) is 6.33 Å². The highest BCUT2D eigenvalue weighted by molar-refractivity contribution is 6.76. The van der Waals surface area contributed by atoms with Crippen LogP contribution >= 0.6 is 0 Å². The van der Waals surface area contributed by atoms with Gasteiger partial charge < -0.3 is 29.0 Å². The maximum atomic E-state index is 12.9. The predicted molar refractivity (Wildman–Crippen MR) is 151 cm³/mol. The molecule has 1 amide bonds. The monoisotopic (exact) mass is 543 g/mol. The van der Waals surface area contributed by atoms with Crippen molar-refractivity contribution in [3.8, 4) is 0 Å². The van der Waals surface area contributed by atoms with E-state index in [0.717, 1.165) is 74.9 Å². The number of carbonyl (C=O) groups is 1. The molecule has 1 atom stereocenters. The Kier molecular flexibility index (Phi) is 7.52. The average Bonchev–Trinajstić information content (AvgIpc) is 3.39. The number of aromatic nitrogens is 3. The van der Waals surface area contributed by atoms with Crippen LogP contribution in [0.15, 0.2) is 12.5 Å². The Balaban J connectivity index is 1.40. The number of nitrogens with one attached hydrogen (secondary N) is 1. The molecule has 1 spiro atoms. The van der Waals surface area contributed by atoms with E-state index in [1.165, 1.54) is 5.56 Å². The number of rotatable bonds is 8. The number of nitrogens with zero attached hydrogens (tertiary/aromatic N) is 4. The fourth-order valence-electron chi connectivity index (χ4n) is 5.69. The van der Waals surface area contributed by atoms with Crippen LogP contribution in [0.5, 0.6) is 0 Å². The Hall–Kier alpha value is -2.17. The fourth-order valence-corrected chi connectivity index (χ4v) is 6.44. The van der Waals surface area contributed by atoms with Crippen LogP contribution in [0, 0.1) is 5.41 Å². The van der Waals surface area contributed by atoms with Gasteiger partial charge in [0, 0.05) is 52.6 Å². The predicted octanol–water partition coefficient (Wildman–Crippen LogP) is 5.45. The van der Waals surface area contributed by atoms with E-state index in [2.05, 4.69) is 35.7 Å². The normalized spacial score (nSPS) is 21.8. The van der Waals surface area contributed by atoms with Gasteiger partial charge in [-0.1, -0.05) is 19.6 Å². The molecule has 210 valence electrons. The van der Waals surface area contributed by atoms with Crippen molar-refractivity contribution in [3.63, 3.8) is 0 Å². The second-order valence-corrected chi connectivity index (χ2v) is 19.3. The molecule has 5 rings (SSSR count). The van der Waals surface area contributed by atoms with E-state index in [0.29, 0.717) is 19.2 Å². The second-order valence-electron chi connectivity index (χ2n) is 13.6. The van der Waals surface area contributed by atoms with Crippen molar-refractivity contribution in [2.75, 3.05) is 38.2 Å². The smallest absolute Gasteiger partial charge is 0.410 e. The number of carbonyl (C=O) groups excluding carboxylic acids is 1. The van der Waals surface area contributed by atoms with Crippen LogP contribution in [0.25, 0.3) is 11.0 Å². The van der Waals surface area contributed by atoms with Crippen LogP contribution in [0.2, 0.25) is 25.7 Å². The van der Waals surface area contributed by atoms with Crippen molar-refractivity contribution in [1.29, 1.82) is 0 Å². The summed E-state index contributed by atoms with van der Waals surface area (Å²) in [5.74, 6) is 1.26. The third-order valence-electron chi connectivity index (χ3n) is 8.07. The molecule has 2 aromatic rings.